The van der Waals surface area contributed by atoms with Crippen LogP contribution in [0.4, 0.5) is 0 Å². The van der Waals surface area contributed by atoms with Crippen LogP contribution in [-0.4, -0.2) is 23.0 Å². The van der Waals surface area contributed by atoms with Crippen LogP contribution < -0.4 is 5.32 Å². The van der Waals surface area contributed by atoms with Crippen LogP contribution in [0.3, 0.4) is 0 Å². The van der Waals surface area contributed by atoms with Gasteiger partial charge in [0.05, 0.1) is 11.4 Å². The van der Waals surface area contributed by atoms with E-state index in [4.69, 9.17) is 16.7 Å². The van der Waals surface area contributed by atoms with Gasteiger partial charge in [0.2, 0.25) is 0 Å². The van der Waals surface area contributed by atoms with E-state index >= 15 is 0 Å². The Morgan fingerprint density at radius 1 is 1.47 bits per heavy atom. The topological polar surface area (TPSA) is 66.4 Å². The normalized spacial score (nSPS) is 13.1. The number of carbonyl (C=O) groups is 2. The summed E-state index contributed by atoms with van der Waals surface area (Å²) in [6.07, 6.45) is 0.500. The largest absolute Gasteiger partial charge is 0.481 e. The third-order valence-electron chi connectivity index (χ3n) is 2.44. The molecule has 1 unspecified atom stereocenters. The zero-order valence-electron chi connectivity index (χ0n) is 11.2. The van der Waals surface area contributed by atoms with Gasteiger partial charge in [-0.1, -0.05) is 32.4 Å². The highest BCUT2D eigenvalue weighted by atomic mass is 35.5. The van der Waals surface area contributed by atoms with Crippen molar-refractivity contribution in [3.8, 4) is 0 Å². The van der Waals surface area contributed by atoms with Crippen LogP contribution in [0.2, 0.25) is 5.02 Å². The lowest BCUT2D eigenvalue weighted by Crippen LogP contribution is -2.38. The van der Waals surface area contributed by atoms with Gasteiger partial charge in [-0.3, -0.25) is 9.59 Å². The molecule has 0 radical (unpaired) electrons. The van der Waals surface area contributed by atoms with Crippen molar-refractivity contribution in [3.63, 3.8) is 0 Å². The quantitative estimate of drug-likeness (QED) is 0.876. The van der Waals surface area contributed by atoms with Crippen molar-refractivity contribution in [1.82, 2.24) is 5.32 Å². The molecule has 0 aromatic carbocycles. The Balaban J connectivity index is 2.74. The average molecular weight is 304 g/mol. The first-order valence-corrected chi connectivity index (χ1v) is 7.20. The molecule has 4 nitrogen and oxygen atoms in total. The Bertz CT molecular complexity index is 465. The number of nitrogens with one attached hydrogen (secondary N) is 1. The van der Waals surface area contributed by atoms with Crippen molar-refractivity contribution in [2.24, 2.45) is 5.41 Å². The van der Waals surface area contributed by atoms with Crippen LogP contribution in [-0.2, 0) is 4.79 Å². The summed E-state index contributed by atoms with van der Waals surface area (Å²) in [6, 6.07) is 1.25. The predicted octanol–water partition coefficient (Wildman–Crippen LogP) is 3.41. The van der Waals surface area contributed by atoms with Crippen molar-refractivity contribution >= 4 is 34.8 Å². The number of aliphatic carboxylic acids is 1. The van der Waals surface area contributed by atoms with Crippen LogP contribution in [0.15, 0.2) is 11.4 Å². The van der Waals surface area contributed by atoms with Crippen LogP contribution in [0.1, 0.15) is 43.3 Å². The molecule has 0 aliphatic heterocycles. The van der Waals surface area contributed by atoms with Crippen molar-refractivity contribution in [2.45, 2.75) is 39.7 Å². The van der Waals surface area contributed by atoms with Gasteiger partial charge >= 0.3 is 5.97 Å². The number of amides is 1. The van der Waals surface area contributed by atoms with E-state index in [0.29, 0.717) is 16.3 Å². The Labute approximate surface area is 121 Å². The molecule has 1 aromatic heterocycles. The summed E-state index contributed by atoms with van der Waals surface area (Å²) in [5.74, 6) is -1.23. The lowest BCUT2D eigenvalue weighted by molar-refractivity contribution is -0.137. The van der Waals surface area contributed by atoms with Gasteiger partial charge in [-0.2, -0.15) is 0 Å². The van der Waals surface area contributed by atoms with E-state index in [1.807, 2.05) is 20.8 Å². The highest BCUT2D eigenvalue weighted by molar-refractivity contribution is 7.12. The third kappa shape index (κ3) is 5.61. The van der Waals surface area contributed by atoms with Crippen molar-refractivity contribution in [3.05, 3.63) is 21.3 Å². The molecule has 0 aliphatic carbocycles. The lowest BCUT2D eigenvalue weighted by Gasteiger charge is -2.25. The van der Waals surface area contributed by atoms with Crippen molar-refractivity contribution < 1.29 is 14.7 Å². The summed E-state index contributed by atoms with van der Waals surface area (Å²) < 4.78 is 0. The van der Waals surface area contributed by atoms with Gasteiger partial charge in [-0.05, 0) is 23.3 Å². The second-order valence-electron chi connectivity index (χ2n) is 5.63. The predicted molar refractivity (Wildman–Crippen MR) is 76.9 cm³/mol. The zero-order chi connectivity index (χ0) is 14.6. The zero-order valence-corrected chi connectivity index (χ0v) is 12.8. The summed E-state index contributed by atoms with van der Waals surface area (Å²) in [7, 11) is 0. The smallest absolute Gasteiger partial charge is 0.305 e. The molecule has 1 heterocycles. The fourth-order valence-electron chi connectivity index (χ4n) is 1.83. The van der Waals surface area contributed by atoms with Crippen LogP contribution in [0.5, 0.6) is 0 Å². The molecule has 106 valence electrons. The number of halogens is 1. The maximum absolute atomic E-state index is 12.0. The van der Waals surface area contributed by atoms with Crippen LogP contribution >= 0.6 is 22.9 Å². The summed E-state index contributed by atoms with van der Waals surface area (Å²) >= 11 is 7.14. The molecule has 0 fully saturated rings. The van der Waals surface area contributed by atoms with Gasteiger partial charge in [-0.25, -0.2) is 0 Å². The second-order valence-corrected chi connectivity index (χ2v) is 6.95. The molecule has 0 saturated carbocycles. The molecule has 0 saturated heterocycles. The van der Waals surface area contributed by atoms with E-state index < -0.39 is 12.0 Å². The van der Waals surface area contributed by atoms with E-state index in [1.165, 1.54) is 11.3 Å². The van der Waals surface area contributed by atoms with E-state index in [-0.39, 0.29) is 17.7 Å². The number of thiophene rings is 1. The molecule has 2 N–H and O–H groups in total. The van der Waals surface area contributed by atoms with Gasteiger partial charge in [0, 0.05) is 6.04 Å². The molecule has 1 aromatic rings. The van der Waals surface area contributed by atoms with Gasteiger partial charge < -0.3 is 10.4 Å². The first-order valence-electron chi connectivity index (χ1n) is 5.94. The minimum absolute atomic E-state index is 0.0629. The minimum atomic E-state index is -0.924. The molecule has 6 heteroatoms. The Morgan fingerprint density at radius 3 is 2.53 bits per heavy atom. The van der Waals surface area contributed by atoms with Gasteiger partial charge in [0.1, 0.15) is 4.88 Å². The second kappa shape index (κ2) is 6.39. The molecule has 1 atom stereocenters. The fraction of sp³-hybridized carbons (Fsp3) is 0.538. The average Bonchev–Trinajstić information content (AvgIpc) is 2.60. The maximum Gasteiger partial charge on any atom is 0.305 e. The standard InChI is InChI=1S/C13H18ClNO3S/c1-13(2,3)7-8(6-10(16)17)15-12(18)11-9(14)4-5-19-11/h4-5,8H,6-7H2,1-3H3,(H,15,18)(H,16,17). The summed E-state index contributed by atoms with van der Waals surface area (Å²) in [5.41, 5.74) is -0.0629. The first kappa shape index (κ1) is 16.0. The van der Waals surface area contributed by atoms with E-state index in [2.05, 4.69) is 5.32 Å². The molecule has 0 aliphatic rings. The van der Waals surface area contributed by atoms with Crippen LogP contribution in [0.25, 0.3) is 0 Å². The first-order chi connectivity index (χ1) is 8.69. The van der Waals surface area contributed by atoms with E-state index in [0.717, 1.165) is 0 Å². The van der Waals surface area contributed by atoms with Crippen LogP contribution in [0, 0.1) is 5.41 Å². The van der Waals surface area contributed by atoms with Gasteiger partial charge in [-0.15, -0.1) is 11.3 Å². The lowest BCUT2D eigenvalue weighted by atomic mass is 9.87. The summed E-state index contributed by atoms with van der Waals surface area (Å²) in [6.45, 7) is 6.02. The number of rotatable bonds is 5. The summed E-state index contributed by atoms with van der Waals surface area (Å²) in [5, 5.41) is 13.8. The van der Waals surface area contributed by atoms with Gasteiger partial charge in [0.25, 0.3) is 5.91 Å². The number of carboxylic acids is 1. The molecule has 0 bridgehead atoms. The Kier molecular flexibility index (Phi) is 5.38. The molecule has 1 rings (SSSR count). The highest BCUT2D eigenvalue weighted by Crippen LogP contribution is 2.25. The SMILES string of the molecule is CC(C)(C)CC(CC(=O)O)NC(=O)c1sccc1Cl. The van der Waals surface area contributed by atoms with E-state index in [1.54, 1.807) is 11.4 Å². The number of hydrogen-bond acceptors (Lipinski definition) is 3. The minimum Gasteiger partial charge on any atom is -0.481 e. The number of hydrogen-bond donors (Lipinski definition) is 2. The van der Waals surface area contributed by atoms with E-state index in [9.17, 15) is 9.59 Å². The monoisotopic (exact) mass is 303 g/mol. The van der Waals surface area contributed by atoms with Crippen molar-refractivity contribution in [2.75, 3.05) is 0 Å². The third-order valence-corrected chi connectivity index (χ3v) is 3.78. The maximum atomic E-state index is 12.0. The molecule has 19 heavy (non-hydrogen) atoms. The Hall–Kier alpha value is -1.07. The number of carbonyl (C=O) groups excluding carboxylic acids is 1. The molecular formula is C13H18ClNO3S. The fourth-order valence-corrected chi connectivity index (χ4v) is 2.87. The van der Waals surface area contributed by atoms with Gasteiger partial charge in [0.15, 0.2) is 0 Å². The molecular weight excluding hydrogens is 286 g/mol. The van der Waals surface area contributed by atoms with Crippen molar-refractivity contribution in [1.29, 1.82) is 0 Å². The molecule has 1 amide bonds. The highest BCUT2D eigenvalue weighted by Gasteiger charge is 2.24. The molecule has 0 spiro atoms. The number of carboxylic acid groups (broad SMARTS) is 1. The summed E-state index contributed by atoms with van der Waals surface area (Å²) in [4.78, 5) is 23.3. The Morgan fingerprint density at radius 2 is 2.11 bits per heavy atom.